The smallest absolute Gasteiger partial charge is 0.420 e. The number of carbonyl (C=O) groups excluding carboxylic acids is 4. The minimum absolute atomic E-state index is 0.0528. The number of fused-ring (bicyclic) bond motifs is 2. The van der Waals surface area contributed by atoms with Crippen LogP contribution in [0, 0.1) is 0 Å². The van der Waals surface area contributed by atoms with E-state index in [4.69, 9.17) is 9.47 Å². The highest BCUT2D eigenvalue weighted by Gasteiger charge is 2.37. The van der Waals surface area contributed by atoms with Crippen LogP contribution in [-0.2, 0) is 25.2 Å². The monoisotopic (exact) mass is 720 g/mol. The van der Waals surface area contributed by atoms with E-state index in [1.807, 2.05) is 12.1 Å². The van der Waals surface area contributed by atoms with E-state index >= 15 is 0 Å². The predicted octanol–water partition coefficient (Wildman–Crippen LogP) is 5.97. The van der Waals surface area contributed by atoms with Gasteiger partial charge in [0.25, 0.3) is 11.8 Å². The van der Waals surface area contributed by atoms with Crippen LogP contribution in [0.3, 0.4) is 0 Å². The van der Waals surface area contributed by atoms with E-state index in [0.29, 0.717) is 11.3 Å². The van der Waals surface area contributed by atoms with Crippen LogP contribution in [0.25, 0.3) is 21.5 Å². The van der Waals surface area contributed by atoms with Gasteiger partial charge < -0.3 is 28.7 Å². The summed E-state index contributed by atoms with van der Waals surface area (Å²) in [5, 5.41) is 1.63. The number of hydrogen-bond donors (Lipinski definition) is 0. The second-order valence-corrected chi connectivity index (χ2v) is 10.8. The molecule has 0 unspecified atom stereocenters. The molecular formula is C33H32BrF3N2O8. The molecule has 0 aliphatic carbocycles. The Morgan fingerprint density at radius 3 is 1.49 bits per heavy atom. The number of methoxy groups -OCH3 is 4. The molecule has 2 amide bonds. The third-order valence-electron chi connectivity index (χ3n) is 7.05. The van der Waals surface area contributed by atoms with Gasteiger partial charge in [0.2, 0.25) is 0 Å². The van der Waals surface area contributed by atoms with E-state index in [2.05, 4.69) is 25.4 Å². The standard InChI is InChI=1S/C17H16F3NO4.C16H16BrNO4/c1-21(9-14(22)25-3)16(23)12-6-4-5-11-10(12)7-8-13(24-2)15(11)17(18,19)20;1-18(9-14(19)22-3)16(20)12-6-4-5-11-10(12)7-8-13(21-2)15(11)17/h4-8H,9H2,1-3H3;4-8H,9H2,1-3H3. The molecule has 0 spiro atoms. The van der Waals surface area contributed by atoms with Gasteiger partial charge in [0.05, 0.1) is 32.9 Å². The highest BCUT2D eigenvalue weighted by Crippen LogP contribution is 2.42. The lowest BCUT2D eigenvalue weighted by atomic mass is 9.98. The molecule has 0 fully saturated rings. The number of alkyl halides is 3. The number of amides is 2. The molecule has 47 heavy (non-hydrogen) atoms. The fourth-order valence-electron chi connectivity index (χ4n) is 4.70. The lowest BCUT2D eigenvalue weighted by molar-refractivity contribution is -0.141. The highest BCUT2D eigenvalue weighted by molar-refractivity contribution is 9.10. The van der Waals surface area contributed by atoms with Crippen molar-refractivity contribution in [2.75, 3.05) is 55.6 Å². The molecule has 0 N–H and O–H groups in total. The van der Waals surface area contributed by atoms with Crippen LogP contribution >= 0.6 is 15.9 Å². The van der Waals surface area contributed by atoms with Gasteiger partial charge in [-0.1, -0.05) is 24.3 Å². The molecule has 10 nitrogen and oxygen atoms in total. The third-order valence-corrected chi connectivity index (χ3v) is 7.87. The van der Waals surface area contributed by atoms with E-state index in [1.54, 1.807) is 32.4 Å². The van der Waals surface area contributed by atoms with Crippen LogP contribution in [0.2, 0.25) is 0 Å². The van der Waals surface area contributed by atoms with E-state index in [1.165, 1.54) is 56.5 Å². The summed E-state index contributed by atoms with van der Waals surface area (Å²) in [5.74, 6) is -1.55. The lowest BCUT2D eigenvalue weighted by Crippen LogP contribution is -2.32. The normalized spacial score (nSPS) is 10.9. The Kier molecular flexibility index (Phi) is 12.2. The first-order valence-corrected chi connectivity index (χ1v) is 14.6. The molecule has 0 radical (unpaired) electrons. The molecule has 0 heterocycles. The first-order valence-electron chi connectivity index (χ1n) is 13.8. The van der Waals surface area contributed by atoms with Gasteiger partial charge >= 0.3 is 18.1 Å². The van der Waals surface area contributed by atoms with E-state index < -0.39 is 29.6 Å². The number of hydrogen-bond acceptors (Lipinski definition) is 8. The molecule has 0 aliphatic heterocycles. The van der Waals surface area contributed by atoms with Gasteiger partial charge in [0.1, 0.15) is 30.2 Å². The maximum absolute atomic E-state index is 13.4. The van der Waals surface area contributed by atoms with Crippen molar-refractivity contribution >= 4 is 61.2 Å². The van der Waals surface area contributed by atoms with Crippen molar-refractivity contribution in [2.24, 2.45) is 0 Å². The predicted molar refractivity (Wildman–Crippen MR) is 172 cm³/mol. The van der Waals surface area contributed by atoms with Gasteiger partial charge in [0, 0.05) is 30.6 Å². The third kappa shape index (κ3) is 8.30. The Morgan fingerprint density at radius 1 is 0.638 bits per heavy atom. The van der Waals surface area contributed by atoms with Gasteiger partial charge in [-0.25, -0.2) is 0 Å². The number of carbonyl (C=O) groups is 4. The van der Waals surface area contributed by atoms with Gasteiger partial charge in [-0.2, -0.15) is 13.2 Å². The Hall–Kier alpha value is -4.85. The number of esters is 2. The minimum atomic E-state index is -4.65. The van der Waals surface area contributed by atoms with Crippen molar-refractivity contribution in [1.82, 2.24) is 9.80 Å². The van der Waals surface area contributed by atoms with Crippen molar-refractivity contribution in [2.45, 2.75) is 6.18 Å². The second kappa shape index (κ2) is 15.6. The number of nitrogens with zero attached hydrogens (tertiary/aromatic N) is 2. The zero-order chi connectivity index (χ0) is 35.1. The Bertz CT molecular complexity index is 1810. The fourth-order valence-corrected chi connectivity index (χ4v) is 5.34. The first-order chi connectivity index (χ1) is 22.2. The summed E-state index contributed by atoms with van der Waals surface area (Å²) in [6, 6.07) is 15.7. The van der Waals surface area contributed by atoms with Crippen LogP contribution in [0.1, 0.15) is 26.3 Å². The van der Waals surface area contributed by atoms with Crippen molar-refractivity contribution < 1.29 is 51.3 Å². The summed E-state index contributed by atoms with van der Waals surface area (Å²) >= 11 is 3.49. The quantitative estimate of drug-likeness (QED) is 0.205. The van der Waals surface area contributed by atoms with Crippen LogP contribution in [0.4, 0.5) is 13.2 Å². The average molecular weight is 722 g/mol. The van der Waals surface area contributed by atoms with Crippen LogP contribution < -0.4 is 9.47 Å². The molecule has 4 aromatic rings. The molecular weight excluding hydrogens is 689 g/mol. The van der Waals surface area contributed by atoms with Crippen molar-refractivity contribution in [3.63, 3.8) is 0 Å². The van der Waals surface area contributed by atoms with Crippen molar-refractivity contribution in [3.8, 4) is 11.5 Å². The van der Waals surface area contributed by atoms with E-state index in [-0.39, 0.29) is 41.1 Å². The van der Waals surface area contributed by atoms with Crippen molar-refractivity contribution in [1.29, 1.82) is 0 Å². The summed E-state index contributed by atoms with van der Waals surface area (Å²) in [6.45, 7) is -0.406. The maximum Gasteiger partial charge on any atom is 0.420 e. The Balaban J connectivity index is 0.000000257. The molecule has 4 rings (SSSR count). The fraction of sp³-hybridized carbons (Fsp3) is 0.273. The Labute approximate surface area is 277 Å². The average Bonchev–Trinajstić information content (AvgIpc) is 3.06. The molecule has 0 atom stereocenters. The zero-order valence-electron chi connectivity index (χ0n) is 26.4. The maximum atomic E-state index is 13.4. The van der Waals surface area contributed by atoms with Gasteiger partial charge in [-0.15, -0.1) is 0 Å². The summed E-state index contributed by atoms with van der Waals surface area (Å²) in [4.78, 5) is 50.1. The molecule has 14 heteroatoms. The van der Waals surface area contributed by atoms with E-state index in [0.717, 1.165) is 27.3 Å². The largest absolute Gasteiger partial charge is 0.496 e. The molecule has 0 aliphatic rings. The van der Waals surface area contributed by atoms with Crippen molar-refractivity contribution in [3.05, 3.63) is 81.8 Å². The highest BCUT2D eigenvalue weighted by atomic mass is 79.9. The number of likely N-dealkylation sites (N-methyl/N-ethyl adjacent to an activating group) is 2. The SMILES string of the molecule is COC(=O)CN(C)C(=O)c1cccc2c(Br)c(OC)ccc12.COC(=O)CN(C)C(=O)c1cccc2c(C(F)(F)F)c(OC)ccc12. The summed E-state index contributed by atoms with van der Waals surface area (Å²) in [5.41, 5.74) is -0.373. The molecule has 4 aromatic carbocycles. The van der Waals surface area contributed by atoms with Gasteiger partial charge in [0.15, 0.2) is 0 Å². The first kappa shape index (κ1) is 36.6. The Morgan fingerprint density at radius 2 is 1.06 bits per heavy atom. The molecule has 0 aromatic heterocycles. The molecule has 250 valence electrons. The van der Waals surface area contributed by atoms with Gasteiger partial charge in [-0.05, 0) is 68.5 Å². The molecule has 0 saturated carbocycles. The van der Waals surface area contributed by atoms with Gasteiger partial charge in [-0.3, -0.25) is 19.2 Å². The van der Waals surface area contributed by atoms with Crippen LogP contribution in [0.5, 0.6) is 11.5 Å². The zero-order valence-corrected chi connectivity index (χ0v) is 27.9. The van der Waals surface area contributed by atoms with E-state index in [9.17, 15) is 32.3 Å². The number of halogens is 4. The number of rotatable bonds is 8. The van der Waals surface area contributed by atoms with Crippen LogP contribution in [0.15, 0.2) is 65.1 Å². The van der Waals surface area contributed by atoms with Crippen LogP contribution in [-0.4, -0.2) is 89.2 Å². The topological polar surface area (TPSA) is 112 Å². The summed E-state index contributed by atoms with van der Waals surface area (Å²) in [7, 11) is 8.14. The summed E-state index contributed by atoms with van der Waals surface area (Å²) in [6.07, 6.45) is -4.65. The number of ether oxygens (including phenoxy) is 4. The minimum Gasteiger partial charge on any atom is -0.496 e. The second-order valence-electron chi connectivity index (χ2n) is 10.00. The summed E-state index contributed by atoms with van der Waals surface area (Å²) < 4.78 is 60.3. The molecule has 0 saturated heterocycles. The lowest BCUT2D eigenvalue weighted by Gasteiger charge is -2.19. The number of benzene rings is 4. The molecule has 0 bridgehead atoms.